The van der Waals surface area contributed by atoms with E-state index in [1.54, 1.807) is 24.3 Å². The maximum absolute atomic E-state index is 12.1. The molecule has 27 heavy (non-hydrogen) atoms. The monoisotopic (exact) mass is 391 g/mol. The highest BCUT2D eigenvalue weighted by molar-refractivity contribution is 7.89. The van der Waals surface area contributed by atoms with Gasteiger partial charge in [0.15, 0.2) is 5.96 Å². The fraction of sp³-hybridized carbons (Fsp3) is 0.421. The molecular weight excluding hydrogens is 362 g/mol. The molecule has 7 nitrogen and oxygen atoms in total. The molecule has 1 N–H and O–H groups in total. The third-order valence-corrected chi connectivity index (χ3v) is 6.09. The van der Waals surface area contributed by atoms with Crippen LogP contribution in [0.1, 0.15) is 18.2 Å². The maximum atomic E-state index is 12.1. The van der Waals surface area contributed by atoms with Gasteiger partial charge in [-0.25, -0.2) is 17.7 Å². The summed E-state index contributed by atoms with van der Waals surface area (Å²) in [7, 11) is 3.67. The zero-order valence-corrected chi connectivity index (χ0v) is 17.5. The third kappa shape index (κ3) is 5.33. The first-order valence-electron chi connectivity index (χ1n) is 8.86. The summed E-state index contributed by atoms with van der Waals surface area (Å²) in [6.07, 6.45) is 2.02. The minimum absolute atomic E-state index is 0.285. The minimum Gasteiger partial charge on any atom is -0.357 e. The summed E-state index contributed by atoms with van der Waals surface area (Å²) < 4.78 is 27.6. The van der Waals surface area contributed by atoms with Crippen molar-refractivity contribution in [2.45, 2.75) is 24.9 Å². The van der Waals surface area contributed by atoms with Crippen LogP contribution in [0.15, 0.2) is 52.5 Å². The fourth-order valence-corrected chi connectivity index (χ4v) is 3.49. The number of hydrogen-bond donors (Lipinski definition) is 1. The van der Waals surface area contributed by atoms with Gasteiger partial charge in [-0.1, -0.05) is 12.1 Å². The van der Waals surface area contributed by atoms with E-state index in [1.807, 2.05) is 33.3 Å². The Labute approximate surface area is 162 Å². The Morgan fingerprint density at radius 3 is 2.33 bits per heavy atom. The van der Waals surface area contributed by atoms with Crippen molar-refractivity contribution >= 4 is 16.0 Å². The van der Waals surface area contributed by atoms with Gasteiger partial charge in [0.1, 0.15) is 0 Å². The average molecular weight is 392 g/mol. The lowest BCUT2D eigenvalue weighted by atomic mass is 10.2. The van der Waals surface area contributed by atoms with Gasteiger partial charge >= 0.3 is 0 Å². The first-order valence-corrected chi connectivity index (χ1v) is 10.3. The smallest absolute Gasteiger partial charge is 0.242 e. The summed E-state index contributed by atoms with van der Waals surface area (Å²) >= 11 is 0. The number of aromatic nitrogens is 1. The zero-order valence-electron chi connectivity index (χ0n) is 16.7. The van der Waals surface area contributed by atoms with Crippen molar-refractivity contribution in [3.8, 4) is 0 Å². The maximum Gasteiger partial charge on any atom is 0.242 e. The van der Waals surface area contributed by atoms with Crippen LogP contribution in [-0.4, -0.2) is 55.8 Å². The summed E-state index contributed by atoms with van der Waals surface area (Å²) in [5.41, 5.74) is 2.15. The second-order valence-corrected chi connectivity index (χ2v) is 8.72. The van der Waals surface area contributed by atoms with Crippen LogP contribution < -0.4 is 5.32 Å². The molecular formula is C19H29N5O2S. The number of guanidine groups is 1. The largest absolute Gasteiger partial charge is 0.357 e. The van der Waals surface area contributed by atoms with Crippen LogP contribution in [0.3, 0.4) is 0 Å². The first-order chi connectivity index (χ1) is 12.8. The van der Waals surface area contributed by atoms with Crippen LogP contribution >= 0.6 is 0 Å². The molecule has 0 saturated carbocycles. The highest BCUT2D eigenvalue weighted by atomic mass is 32.2. The van der Waals surface area contributed by atoms with Crippen LogP contribution in [-0.2, 0) is 30.2 Å². The van der Waals surface area contributed by atoms with Gasteiger partial charge in [0.05, 0.1) is 18.0 Å². The Balaban J connectivity index is 2.11. The second-order valence-electron chi connectivity index (χ2n) is 6.57. The molecule has 2 rings (SSSR count). The molecule has 148 valence electrons. The van der Waals surface area contributed by atoms with Crippen molar-refractivity contribution in [3.63, 3.8) is 0 Å². The van der Waals surface area contributed by atoms with Gasteiger partial charge < -0.3 is 14.8 Å². The van der Waals surface area contributed by atoms with Gasteiger partial charge in [0.2, 0.25) is 10.0 Å². The van der Waals surface area contributed by atoms with Crippen LogP contribution in [0.25, 0.3) is 0 Å². The number of aryl methyl sites for hydroxylation is 1. The highest BCUT2D eigenvalue weighted by Gasteiger charge is 2.16. The van der Waals surface area contributed by atoms with E-state index in [1.165, 1.54) is 24.1 Å². The van der Waals surface area contributed by atoms with Gasteiger partial charge in [-0.05, 0) is 36.8 Å². The van der Waals surface area contributed by atoms with E-state index >= 15 is 0 Å². The number of hydrogen-bond acceptors (Lipinski definition) is 3. The van der Waals surface area contributed by atoms with Gasteiger partial charge in [-0.3, -0.25) is 0 Å². The molecule has 1 aromatic heterocycles. The molecule has 1 aromatic carbocycles. The van der Waals surface area contributed by atoms with Crippen molar-refractivity contribution in [1.29, 1.82) is 0 Å². The Bertz CT molecular complexity index is 870. The SMILES string of the molecule is CCNC(=NCc1ccc(S(=O)(=O)N(C)C)cc1)N(C)Cc1cccn1C. The lowest BCUT2D eigenvalue weighted by Gasteiger charge is -2.22. The molecule has 0 bridgehead atoms. The van der Waals surface area contributed by atoms with Crippen molar-refractivity contribution in [2.24, 2.45) is 12.0 Å². The van der Waals surface area contributed by atoms with Crippen LogP contribution in [0.4, 0.5) is 0 Å². The van der Waals surface area contributed by atoms with Crippen molar-refractivity contribution in [1.82, 2.24) is 19.1 Å². The Morgan fingerprint density at radius 1 is 1.15 bits per heavy atom. The van der Waals surface area contributed by atoms with E-state index < -0.39 is 10.0 Å². The molecule has 8 heteroatoms. The van der Waals surface area contributed by atoms with E-state index in [0.29, 0.717) is 6.54 Å². The van der Waals surface area contributed by atoms with Crippen molar-refractivity contribution in [3.05, 3.63) is 53.9 Å². The van der Waals surface area contributed by atoms with Crippen LogP contribution in [0, 0.1) is 0 Å². The standard InChI is InChI=1S/C19H29N5O2S/c1-6-20-19(24(5)15-17-8-7-13-23(17)4)21-14-16-9-11-18(12-10-16)27(25,26)22(2)3/h7-13H,6,14-15H2,1-5H3,(H,20,21). The Kier molecular flexibility index (Phi) is 7.04. The molecule has 0 radical (unpaired) electrons. The molecule has 0 aliphatic rings. The molecule has 0 unspecified atom stereocenters. The predicted molar refractivity (Wildman–Crippen MR) is 109 cm³/mol. The number of rotatable bonds is 7. The summed E-state index contributed by atoms with van der Waals surface area (Å²) in [6.45, 7) is 4.03. The molecule has 0 aliphatic heterocycles. The summed E-state index contributed by atoms with van der Waals surface area (Å²) in [5.74, 6) is 0.809. The molecule has 0 amide bonds. The van der Waals surface area contributed by atoms with E-state index in [4.69, 9.17) is 0 Å². The Hall–Kier alpha value is -2.32. The minimum atomic E-state index is -3.41. The Morgan fingerprint density at radius 2 is 1.81 bits per heavy atom. The molecule has 0 spiro atoms. The third-order valence-electron chi connectivity index (χ3n) is 4.26. The van der Waals surface area contributed by atoms with Crippen molar-refractivity contribution in [2.75, 3.05) is 27.7 Å². The number of nitrogens with zero attached hydrogens (tertiary/aromatic N) is 4. The lowest BCUT2D eigenvalue weighted by Crippen LogP contribution is -2.38. The number of aliphatic imine (C=N–C) groups is 1. The topological polar surface area (TPSA) is 69.9 Å². The van der Waals surface area contributed by atoms with Crippen LogP contribution in [0.5, 0.6) is 0 Å². The van der Waals surface area contributed by atoms with E-state index in [-0.39, 0.29) is 4.90 Å². The van der Waals surface area contributed by atoms with Gasteiger partial charge in [0, 0.05) is 46.6 Å². The second kappa shape index (κ2) is 9.05. The van der Waals surface area contributed by atoms with E-state index in [9.17, 15) is 8.42 Å². The molecule has 0 aliphatic carbocycles. The van der Waals surface area contributed by atoms with Gasteiger partial charge in [0.25, 0.3) is 0 Å². The van der Waals surface area contributed by atoms with E-state index in [0.717, 1.165) is 24.6 Å². The summed E-state index contributed by atoms with van der Waals surface area (Å²) in [4.78, 5) is 7.04. The first kappa shape index (κ1) is 21.0. The quantitative estimate of drug-likeness (QED) is 0.578. The molecule has 2 aromatic rings. The zero-order chi connectivity index (χ0) is 20.0. The van der Waals surface area contributed by atoms with E-state index in [2.05, 4.69) is 25.8 Å². The van der Waals surface area contributed by atoms with Gasteiger partial charge in [-0.15, -0.1) is 0 Å². The molecule has 0 fully saturated rings. The van der Waals surface area contributed by atoms with Gasteiger partial charge in [-0.2, -0.15) is 0 Å². The normalized spacial score (nSPS) is 12.4. The predicted octanol–water partition coefficient (Wildman–Crippen LogP) is 1.87. The molecule has 0 atom stereocenters. The highest BCUT2D eigenvalue weighted by Crippen LogP contribution is 2.14. The fourth-order valence-electron chi connectivity index (χ4n) is 2.59. The van der Waals surface area contributed by atoms with Crippen LogP contribution in [0.2, 0.25) is 0 Å². The average Bonchev–Trinajstić information content (AvgIpc) is 3.03. The molecule has 0 saturated heterocycles. The lowest BCUT2D eigenvalue weighted by molar-refractivity contribution is 0.462. The number of sulfonamides is 1. The summed E-state index contributed by atoms with van der Waals surface area (Å²) in [6, 6.07) is 11.0. The molecule has 1 heterocycles. The van der Waals surface area contributed by atoms with Crippen molar-refractivity contribution < 1.29 is 8.42 Å². The number of nitrogens with one attached hydrogen (secondary N) is 1. The number of benzene rings is 1. The summed E-state index contributed by atoms with van der Waals surface area (Å²) in [5, 5.41) is 3.30.